The van der Waals surface area contributed by atoms with Gasteiger partial charge in [0.1, 0.15) is 0 Å². The normalized spacial score (nSPS) is 19.0. The number of carboxylic acids is 1. The maximum atomic E-state index is 12.7. The van der Waals surface area contributed by atoms with Gasteiger partial charge in [-0.25, -0.2) is 8.42 Å². The van der Waals surface area contributed by atoms with Crippen LogP contribution in [0.5, 0.6) is 0 Å². The van der Waals surface area contributed by atoms with E-state index in [-0.39, 0.29) is 12.3 Å². The molecular formula is C17H22N2O6S. The average molecular weight is 382 g/mol. The van der Waals surface area contributed by atoms with Gasteiger partial charge in [0.2, 0.25) is 10.0 Å². The standard InChI is InChI=1S/C17H22N2O6S/c1-26(23,24)19-7-4-12-10-13(2-3-14(12)19)16(22)18-17(11-15(20)21)5-8-25-9-6-17/h2-3,10H,4-9,11H2,1H3,(H,18,22)(H,20,21). The molecule has 8 nitrogen and oxygen atoms in total. The van der Waals surface area contributed by atoms with E-state index in [1.54, 1.807) is 18.2 Å². The number of carboxylic acid groups (broad SMARTS) is 1. The van der Waals surface area contributed by atoms with Gasteiger partial charge in [-0.3, -0.25) is 13.9 Å². The summed E-state index contributed by atoms with van der Waals surface area (Å²) in [6.45, 7) is 1.17. The van der Waals surface area contributed by atoms with Crippen LogP contribution in [0.15, 0.2) is 18.2 Å². The van der Waals surface area contributed by atoms with Crippen LogP contribution < -0.4 is 9.62 Å². The highest BCUT2D eigenvalue weighted by Gasteiger charge is 2.37. The minimum atomic E-state index is -3.34. The van der Waals surface area contributed by atoms with Gasteiger partial charge in [0.25, 0.3) is 5.91 Å². The molecule has 0 spiro atoms. The van der Waals surface area contributed by atoms with Gasteiger partial charge in [0.05, 0.1) is 23.9 Å². The summed E-state index contributed by atoms with van der Waals surface area (Å²) in [5, 5.41) is 12.1. The third-order valence-electron chi connectivity index (χ3n) is 4.91. The van der Waals surface area contributed by atoms with E-state index in [0.29, 0.717) is 50.3 Å². The molecule has 1 saturated heterocycles. The monoisotopic (exact) mass is 382 g/mol. The summed E-state index contributed by atoms with van der Waals surface area (Å²) in [5.74, 6) is -1.32. The van der Waals surface area contributed by atoms with Gasteiger partial charge in [-0.05, 0) is 43.0 Å². The Balaban J connectivity index is 1.81. The van der Waals surface area contributed by atoms with E-state index in [2.05, 4.69) is 5.32 Å². The van der Waals surface area contributed by atoms with Crippen LogP contribution in [0.2, 0.25) is 0 Å². The Kier molecular flexibility index (Phi) is 4.94. The molecule has 1 aromatic rings. The molecule has 142 valence electrons. The number of fused-ring (bicyclic) bond motifs is 1. The van der Waals surface area contributed by atoms with Crippen molar-refractivity contribution in [1.82, 2.24) is 5.32 Å². The summed E-state index contributed by atoms with van der Waals surface area (Å²) >= 11 is 0. The maximum absolute atomic E-state index is 12.7. The highest BCUT2D eigenvalue weighted by atomic mass is 32.2. The van der Waals surface area contributed by atoms with Crippen LogP contribution in [-0.2, 0) is 26.0 Å². The molecule has 0 saturated carbocycles. The van der Waals surface area contributed by atoms with Crippen LogP contribution in [0.3, 0.4) is 0 Å². The van der Waals surface area contributed by atoms with Crippen molar-refractivity contribution in [2.45, 2.75) is 31.2 Å². The Morgan fingerprint density at radius 1 is 1.31 bits per heavy atom. The Hall–Kier alpha value is -2.13. The lowest BCUT2D eigenvalue weighted by Gasteiger charge is -2.36. The van der Waals surface area contributed by atoms with E-state index in [4.69, 9.17) is 4.74 Å². The van der Waals surface area contributed by atoms with E-state index < -0.39 is 21.5 Å². The maximum Gasteiger partial charge on any atom is 0.305 e. The summed E-state index contributed by atoms with van der Waals surface area (Å²) < 4.78 is 30.2. The Morgan fingerprint density at radius 3 is 2.62 bits per heavy atom. The second-order valence-electron chi connectivity index (χ2n) is 6.85. The van der Waals surface area contributed by atoms with Crippen LogP contribution >= 0.6 is 0 Å². The first-order chi connectivity index (χ1) is 12.2. The molecule has 26 heavy (non-hydrogen) atoms. The van der Waals surface area contributed by atoms with Crippen LogP contribution in [-0.4, -0.2) is 57.0 Å². The quantitative estimate of drug-likeness (QED) is 0.777. The highest BCUT2D eigenvalue weighted by Crippen LogP contribution is 2.31. The lowest BCUT2D eigenvalue weighted by molar-refractivity contribution is -0.139. The Morgan fingerprint density at radius 2 is 2.00 bits per heavy atom. The SMILES string of the molecule is CS(=O)(=O)N1CCc2cc(C(=O)NC3(CC(=O)O)CCOCC3)ccc21. The largest absolute Gasteiger partial charge is 0.481 e. The van der Waals surface area contributed by atoms with Crippen LogP contribution in [0.4, 0.5) is 5.69 Å². The van der Waals surface area contributed by atoms with Crippen molar-refractivity contribution >= 4 is 27.6 Å². The molecule has 0 bridgehead atoms. The number of anilines is 1. The Labute approximate surface area is 152 Å². The number of ether oxygens (including phenoxy) is 1. The average Bonchev–Trinajstić information content (AvgIpc) is 2.98. The predicted molar refractivity (Wildman–Crippen MR) is 94.8 cm³/mol. The number of benzene rings is 1. The predicted octanol–water partition coefficient (Wildman–Crippen LogP) is 0.762. The number of amides is 1. The van der Waals surface area contributed by atoms with Crippen LogP contribution in [0.1, 0.15) is 35.2 Å². The van der Waals surface area contributed by atoms with Gasteiger partial charge in [-0.2, -0.15) is 0 Å². The number of rotatable bonds is 5. The number of aliphatic carboxylic acids is 1. The summed E-state index contributed by atoms with van der Waals surface area (Å²) in [6, 6.07) is 4.89. The molecule has 0 unspecified atom stereocenters. The zero-order valence-corrected chi connectivity index (χ0v) is 15.3. The second kappa shape index (κ2) is 6.88. The molecule has 9 heteroatoms. The minimum absolute atomic E-state index is 0.158. The fourth-order valence-electron chi connectivity index (χ4n) is 3.57. The molecule has 0 aliphatic carbocycles. The molecule has 0 aromatic heterocycles. The van der Waals surface area contributed by atoms with Gasteiger partial charge >= 0.3 is 5.97 Å². The Bertz CT molecular complexity index is 830. The fraction of sp³-hybridized carbons (Fsp3) is 0.529. The van der Waals surface area contributed by atoms with E-state index >= 15 is 0 Å². The van der Waals surface area contributed by atoms with Crippen molar-refractivity contribution in [3.05, 3.63) is 29.3 Å². The molecule has 2 aliphatic rings. The smallest absolute Gasteiger partial charge is 0.305 e. The van der Waals surface area contributed by atoms with Gasteiger partial charge in [-0.15, -0.1) is 0 Å². The molecule has 0 radical (unpaired) electrons. The molecule has 2 N–H and O–H groups in total. The molecule has 3 rings (SSSR count). The first-order valence-electron chi connectivity index (χ1n) is 8.43. The van der Waals surface area contributed by atoms with Crippen molar-refractivity contribution in [2.24, 2.45) is 0 Å². The number of hydrogen-bond donors (Lipinski definition) is 2. The lowest BCUT2D eigenvalue weighted by Crippen LogP contribution is -2.53. The summed E-state index contributed by atoms with van der Waals surface area (Å²) in [7, 11) is -3.34. The molecule has 1 fully saturated rings. The van der Waals surface area contributed by atoms with E-state index in [1.807, 2.05) is 0 Å². The van der Waals surface area contributed by atoms with Gasteiger partial charge in [0.15, 0.2) is 0 Å². The van der Waals surface area contributed by atoms with Crippen LogP contribution in [0.25, 0.3) is 0 Å². The van der Waals surface area contributed by atoms with Gasteiger partial charge in [-0.1, -0.05) is 0 Å². The number of nitrogens with zero attached hydrogens (tertiary/aromatic N) is 1. The molecule has 2 aliphatic heterocycles. The summed E-state index contributed by atoms with van der Waals surface area (Å²) in [6.07, 6.45) is 2.42. The number of sulfonamides is 1. The van der Waals surface area contributed by atoms with Crippen molar-refractivity contribution in [2.75, 3.05) is 30.3 Å². The second-order valence-corrected chi connectivity index (χ2v) is 8.75. The van der Waals surface area contributed by atoms with Crippen LogP contribution in [0, 0.1) is 0 Å². The van der Waals surface area contributed by atoms with E-state index in [1.165, 1.54) is 4.31 Å². The summed E-state index contributed by atoms with van der Waals surface area (Å²) in [5.41, 5.74) is 0.965. The lowest BCUT2D eigenvalue weighted by atomic mass is 9.86. The first-order valence-corrected chi connectivity index (χ1v) is 10.3. The van der Waals surface area contributed by atoms with Gasteiger partial charge in [0, 0.05) is 25.3 Å². The van der Waals surface area contributed by atoms with Gasteiger partial charge < -0.3 is 15.2 Å². The first kappa shape index (κ1) is 18.7. The highest BCUT2D eigenvalue weighted by molar-refractivity contribution is 7.92. The molecule has 1 amide bonds. The number of hydrogen-bond acceptors (Lipinski definition) is 5. The molecular weight excluding hydrogens is 360 g/mol. The number of nitrogens with one attached hydrogen (secondary N) is 1. The number of carbonyl (C=O) groups is 2. The molecule has 1 aromatic carbocycles. The number of carbonyl (C=O) groups excluding carboxylic acids is 1. The van der Waals surface area contributed by atoms with Crippen molar-refractivity contribution in [1.29, 1.82) is 0 Å². The summed E-state index contributed by atoms with van der Waals surface area (Å²) in [4.78, 5) is 23.9. The van der Waals surface area contributed by atoms with E-state index in [9.17, 15) is 23.1 Å². The fourth-order valence-corrected chi connectivity index (χ4v) is 4.53. The molecule has 0 atom stereocenters. The van der Waals surface area contributed by atoms with Crippen molar-refractivity contribution in [3.63, 3.8) is 0 Å². The third-order valence-corrected chi connectivity index (χ3v) is 6.09. The zero-order valence-electron chi connectivity index (χ0n) is 14.5. The van der Waals surface area contributed by atoms with E-state index in [0.717, 1.165) is 11.8 Å². The van der Waals surface area contributed by atoms with Crippen molar-refractivity contribution < 1.29 is 27.9 Å². The molecule has 2 heterocycles. The van der Waals surface area contributed by atoms with Crippen molar-refractivity contribution in [3.8, 4) is 0 Å². The zero-order chi connectivity index (χ0) is 18.9. The minimum Gasteiger partial charge on any atom is -0.481 e. The topological polar surface area (TPSA) is 113 Å². The third kappa shape index (κ3) is 3.83.